The van der Waals surface area contributed by atoms with Crippen molar-refractivity contribution in [2.75, 3.05) is 6.61 Å². The molecule has 6 nitrogen and oxygen atoms in total. The maximum atomic E-state index is 11.7. The van der Waals surface area contributed by atoms with E-state index in [1.54, 1.807) is 6.92 Å². The molecule has 0 aromatic heterocycles. The number of hydrogen-bond acceptors (Lipinski definition) is 4. The first-order valence-corrected chi connectivity index (χ1v) is 6.68. The van der Waals surface area contributed by atoms with Gasteiger partial charge in [0.1, 0.15) is 11.3 Å². The minimum Gasteiger partial charge on any atom is -0.492 e. The number of halogens is 2. The smallest absolute Gasteiger partial charge is 0.328 e. The third kappa shape index (κ3) is 3.34. The van der Waals surface area contributed by atoms with Crippen molar-refractivity contribution in [1.82, 2.24) is 10.6 Å². The molecule has 21 heavy (non-hydrogen) atoms. The van der Waals surface area contributed by atoms with Crippen molar-refractivity contribution in [3.63, 3.8) is 0 Å². The highest BCUT2D eigenvalue weighted by molar-refractivity contribution is 6.36. The number of imide groups is 2. The lowest BCUT2D eigenvalue weighted by Crippen LogP contribution is -2.51. The van der Waals surface area contributed by atoms with Gasteiger partial charge in [0, 0.05) is 10.6 Å². The standard InChI is InChI=1S/C13H10Cl2N2O4/c1-2-21-10-6(3-7(14)5-9(10)15)4-8-11(18)16-13(20)17-12(8)19/h3-5H,2H2,1H3,(H2,16,17,18,19,20). The number of rotatable bonds is 3. The zero-order valence-electron chi connectivity index (χ0n) is 10.8. The number of carbonyl (C=O) groups excluding carboxylic acids is 3. The number of nitrogens with one attached hydrogen (secondary N) is 2. The van der Waals surface area contributed by atoms with Crippen LogP contribution in [-0.2, 0) is 9.59 Å². The summed E-state index contributed by atoms with van der Waals surface area (Å²) >= 11 is 11.9. The molecule has 110 valence electrons. The molecule has 2 rings (SSSR count). The van der Waals surface area contributed by atoms with Crippen LogP contribution in [0.1, 0.15) is 12.5 Å². The molecule has 0 saturated carbocycles. The van der Waals surface area contributed by atoms with Crippen LogP contribution in [-0.4, -0.2) is 24.5 Å². The summed E-state index contributed by atoms with van der Waals surface area (Å²) in [4.78, 5) is 34.4. The van der Waals surface area contributed by atoms with Gasteiger partial charge in [-0.15, -0.1) is 0 Å². The van der Waals surface area contributed by atoms with Gasteiger partial charge in [0.15, 0.2) is 0 Å². The van der Waals surface area contributed by atoms with Crippen molar-refractivity contribution in [2.24, 2.45) is 0 Å². The molecule has 4 amide bonds. The fourth-order valence-electron chi connectivity index (χ4n) is 1.75. The van der Waals surface area contributed by atoms with Crippen molar-refractivity contribution >= 4 is 47.1 Å². The van der Waals surface area contributed by atoms with Gasteiger partial charge in [-0.1, -0.05) is 23.2 Å². The zero-order valence-corrected chi connectivity index (χ0v) is 12.3. The van der Waals surface area contributed by atoms with Crippen LogP contribution in [0, 0.1) is 0 Å². The molecule has 0 aliphatic carbocycles. The molecule has 0 atom stereocenters. The van der Waals surface area contributed by atoms with E-state index >= 15 is 0 Å². The Morgan fingerprint density at radius 3 is 2.33 bits per heavy atom. The predicted octanol–water partition coefficient (Wildman–Crippen LogP) is 2.14. The summed E-state index contributed by atoms with van der Waals surface area (Å²) in [5, 5.41) is 4.53. The average molecular weight is 329 g/mol. The normalized spacial score (nSPS) is 14.6. The zero-order chi connectivity index (χ0) is 15.6. The van der Waals surface area contributed by atoms with Crippen LogP contribution < -0.4 is 15.4 Å². The van der Waals surface area contributed by atoms with Crippen molar-refractivity contribution in [2.45, 2.75) is 6.92 Å². The molecule has 1 heterocycles. The lowest BCUT2D eigenvalue weighted by atomic mass is 10.1. The third-order valence-corrected chi connectivity index (χ3v) is 3.07. The first-order chi connectivity index (χ1) is 9.92. The van der Waals surface area contributed by atoms with Gasteiger partial charge in [0.25, 0.3) is 11.8 Å². The Morgan fingerprint density at radius 2 is 1.76 bits per heavy atom. The van der Waals surface area contributed by atoms with E-state index in [0.717, 1.165) is 0 Å². The minimum absolute atomic E-state index is 0.242. The van der Waals surface area contributed by atoms with Crippen LogP contribution in [0.15, 0.2) is 17.7 Å². The summed E-state index contributed by atoms with van der Waals surface area (Å²) < 4.78 is 5.39. The third-order valence-electron chi connectivity index (χ3n) is 2.57. The SMILES string of the molecule is CCOc1c(Cl)cc(Cl)cc1C=C1C(=O)NC(=O)NC1=O. The van der Waals surface area contributed by atoms with Gasteiger partial charge >= 0.3 is 6.03 Å². The monoisotopic (exact) mass is 328 g/mol. The van der Waals surface area contributed by atoms with Crippen LogP contribution in [0.2, 0.25) is 10.0 Å². The largest absolute Gasteiger partial charge is 0.492 e. The number of benzene rings is 1. The van der Waals surface area contributed by atoms with Crippen LogP contribution in [0.25, 0.3) is 6.08 Å². The molecule has 8 heteroatoms. The van der Waals surface area contributed by atoms with E-state index in [9.17, 15) is 14.4 Å². The second-order valence-corrected chi connectivity index (χ2v) is 4.88. The Labute approximate surface area is 130 Å². The molecule has 2 N–H and O–H groups in total. The Balaban J connectivity index is 2.51. The molecule has 0 unspecified atom stereocenters. The van der Waals surface area contributed by atoms with E-state index in [4.69, 9.17) is 27.9 Å². The van der Waals surface area contributed by atoms with Crippen molar-refractivity contribution in [3.8, 4) is 5.75 Å². The van der Waals surface area contributed by atoms with E-state index in [1.807, 2.05) is 10.6 Å². The fourth-order valence-corrected chi connectivity index (χ4v) is 2.31. The summed E-state index contributed by atoms with van der Waals surface area (Å²) in [7, 11) is 0. The van der Waals surface area contributed by atoms with Crippen LogP contribution >= 0.6 is 23.2 Å². The second-order valence-electron chi connectivity index (χ2n) is 4.03. The van der Waals surface area contributed by atoms with E-state index in [1.165, 1.54) is 18.2 Å². The summed E-state index contributed by atoms with van der Waals surface area (Å²) in [5.74, 6) is -1.31. The summed E-state index contributed by atoms with van der Waals surface area (Å²) in [6.07, 6.45) is 1.26. The van der Waals surface area contributed by atoms with Gasteiger partial charge in [-0.05, 0) is 25.1 Å². The molecule has 0 bridgehead atoms. The first kappa shape index (κ1) is 15.3. The Bertz CT molecular complexity index is 648. The molecule has 1 aliphatic heterocycles. The summed E-state index contributed by atoms with van der Waals surface area (Å²) in [6, 6.07) is 2.12. The lowest BCUT2D eigenvalue weighted by Gasteiger charge is -2.15. The number of carbonyl (C=O) groups is 3. The van der Waals surface area contributed by atoms with Gasteiger partial charge < -0.3 is 4.74 Å². The average Bonchev–Trinajstić information content (AvgIpc) is 2.37. The number of urea groups is 1. The fraction of sp³-hybridized carbons (Fsp3) is 0.154. The van der Waals surface area contributed by atoms with Gasteiger partial charge in [-0.2, -0.15) is 0 Å². The van der Waals surface area contributed by atoms with Crippen LogP contribution in [0.5, 0.6) is 5.75 Å². The maximum Gasteiger partial charge on any atom is 0.328 e. The first-order valence-electron chi connectivity index (χ1n) is 5.92. The van der Waals surface area contributed by atoms with E-state index in [-0.39, 0.29) is 10.6 Å². The number of amides is 4. The highest BCUT2D eigenvalue weighted by atomic mass is 35.5. The minimum atomic E-state index is -0.865. The molecule has 1 aromatic rings. The van der Waals surface area contributed by atoms with E-state index in [0.29, 0.717) is 22.9 Å². The topological polar surface area (TPSA) is 84.5 Å². The molecule has 0 radical (unpaired) electrons. The van der Waals surface area contributed by atoms with Crippen molar-refractivity contribution in [1.29, 1.82) is 0 Å². The van der Waals surface area contributed by atoms with E-state index in [2.05, 4.69) is 0 Å². The Morgan fingerprint density at radius 1 is 1.14 bits per heavy atom. The number of hydrogen-bond donors (Lipinski definition) is 2. The molecule has 0 spiro atoms. The lowest BCUT2D eigenvalue weighted by molar-refractivity contribution is -0.123. The van der Waals surface area contributed by atoms with Gasteiger partial charge in [-0.25, -0.2) is 4.79 Å². The van der Waals surface area contributed by atoms with Gasteiger partial charge in [-0.3, -0.25) is 20.2 Å². The van der Waals surface area contributed by atoms with Gasteiger partial charge in [0.2, 0.25) is 0 Å². The van der Waals surface area contributed by atoms with E-state index < -0.39 is 17.8 Å². The number of barbiturate groups is 1. The molecule has 1 aliphatic rings. The molecule has 1 fully saturated rings. The Hall–Kier alpha value is -2.05. The highest BCUT2D eigenvalue weighted by Gasteiger charge is 2.28. The second kappa shape index (κ2) is 6.15. The maximum absolute atomic E-state index is 11.7. The van der Waals surface area contributed by atoms with Crippen molar-refractivity contribution in [3.05, 3.63) is 33.3 Å². The quantitative estimate of drug-likeness (QED) is 0.657. The van der Waals surface area contributed by atoms with Crippen molar-refractivity contribution < 1.29 is 19.1 Å². The van der Waals surface area contributed by atoms with Crippen LogP contribution in [0.3, 0.4) is 0 Å². The Kier molecular flexibility index (Phi) is 4.50. The molecule has 1 aromatic carbocycles. The molecule has 1 saturated heterocycles. The van der Waals surface area contributed by atoms with Gasteiger partial charge in [0.05, 0.1) is 11.6 Å². The highest BCUT2D eigenvalue weighted by Crippen LogP contribution is 2.34. The number of ether oxygens (including phenoxy) is 1. The van der Waals surface area contributed by atoms with Crippen LogP contribution in [0.4, 0.5) is 4.79 Å². The predicted molar refractivity (Wildman–Crippen MR) is 77.3 cm³/mol. The molecular weight excluding hydrogens is 319 g/mol. The summed E-state index contributed by atoms with van der Waals surface area (Å²) in [6.45, 7) is 2.11. The molecular formula is C13H10Cl2N2O4. The summed E-state index contributed by atoms with van der Waals surface area (Å²) in [5.41, 5.74) is 0.123.